The predicted molar refractivity (Wildman–Crippen MR) is 172 cm³/mol. The Morgan fingerprint density at radius 3 is 2.23 bits per heavy atom. The van der Waals surface area contributed by atoms with Gasteiger partial charge in [-0.15, -0.1) is 0 Å². The highest BCUT2D eigenvalue weighted by Gasteiger charge is 2.18. The van der Waals surface area contributed by atoms with E-state index in [-0.39, 0.29) is 24.3 Å². The van der Waals surface area contributed by atoms with E-state index in [4.69, 9.17) is 9.47 Å². The molecule has 5 rings (SSSR count). The van der Waals surface area contributed by atoms with Gasteiger partial charge in [0.25, 0.3) is 0 Å². The number of ether oxygens (including phenoxy) is 2. The molecule has 0 unspecified atom stereocenters. The minimum atomic E-state index is -0.244. The van der Waals surface area contributed by atoms with Crippen LogP contribution in [0.5, 0.6) is 5.75 Å². The summed E-state index contributed by atoms with van der Waals surface area (Å²) in [6.45, 7) is 4.43. The molecule has 5 aromatic rings. The summed E-state index contributed by atoms with van der Waals surface area (Å²) in [6.07, 6.45) is 4.56. The molecule has 43 heavy (non-hydrogen) atoms. The highest BCUT2D eigenvalue weighted by molar-refractivity contribution is 6.05. The number of fused-ring (bicyclic) bond motifs is 1. The maximum absolute atomic E-state index is 13.0. The van der Waals surface area contributed by atoms with E-state index in [1.165, 1.54) is 11.1 Å². The Kier molecular flexibility index (Phi) is 9.70. The lowest BCUT2D eigenvalue weighted by molar-refractivity contribution is -0.143. The van der Waals surface area contributed by atoms with Crippen molar-refractivity contribution in [1.82, 2.24) is 4.57 Å². The van der Waals surface area contributed by atoms with Crippen molar-refractivity contribution >= 4 is 34.0 Å². The van der Waals surface area contributed by atoms with Crippen LogP contribution in [0.25, 0.3) is 16.5 Å². The maximum atomic E-state index is 13.0. The van der Waals surface area contributed by atoms with E-state index in [2.05, 4.69) is 88.9 Å². The van der Waals surface area contributed by atoms with E-state index in [1.54, 1.807) is 25.1 Å². The number of allylic oxidation sites excluding steroid dienone is 1. The summed E-state index contributed by atoms with van der Waals surface area (Å²) in [6, 6.07) is 36.8. The second-order valence-electron chi connectivity index (χ2n) is 10.3. The van der Waals surface area contributed by atoms with Crippen molar-refractivity contribution in [2.24, 2.45) is 0 Å². The predicted octanol–water partition coefficient (Wildman–Crippen LogP) is 8.04. The molecular formula is C37H36N2O4. The molecule has 1 amide bonds. The molecule has 0 bridgehead atoms. The number of aromatic nitrogens is 1. The lowest BCUT2D eigenvalue weighted by Gasteiger charge is -2.21. The van der Waals surface area contributed by atoms with Crippen LogP contribution in [0.1, 0.15) is 49.4 Å². The van der Waals surface area contributed by atoms with Gasteiger partial charge in [-0.05, 0) is 72.9 Å². The zero-order valence-corrected chi connectivity index (χ0v) is 24.5. The van der Waals surface area contributed by atoms with Crippen LogP contribution in [0.4, 0.5) is 5.69 Å². The molecular weight excluding hydrogens is 536 g/mol. The van der Waals surface area contributed by atoms with Crippen LogP contribution in [0, 0.1) is 0 Å². The van der Waals surface area contributed by atoms with Gasteiger partial charge in [0, 0.05) is 29.6 Å². The number of benzene rings is 4. The van der Waals surface area contributed by atoms with Gasteiger partial charge >= 0.3 is 5.97 Å². The van der Waals surface area contributed by atoms with Gasteiger partial charge < -0.3 is 19.4 Å². The van der Waals surface area contributed by atoms with E-state index < -0.39 is 0 Å². The Bertz CT molecular complexity index is 1670. The van der Waals surface area contributed by atoms with Gasteiger partial charge in [-0.25, -0.2) is 0 Å². The van der Waals surface area contributed by atoms with Gasteiger partial charge in [-0.2, -0.15) is 0 Å². The normalized spacial score (nSPS) is 11.5. The fourth-order valence-electron chi connectivity index (χ4n) is 5.20. The van der Waals surface area contributed by atoms with E-state index in [0.717, 1.165) is 22.0 Å². The number of carbonyl (C=O) groups is 2. The lowest BCUT2D eigenvalue weighted by atomic mass is 9.98. The fourth-order valence-corrected chi connectivity index (χ4v) is 5.20. The molecule has 0 saturated heterocycles. The number of anilines is 1. The number of carbonyl (C=O) groups excluding carboxylic acids is 2. The molecule has 6 heteroatoms. The van der Waals surface area contributed by atoms with Crippen LogP contribution in [0.2, 0.25) is 0 Å². The largest absolute Gasteiger partial charge is 0.491 e. The first-order valence-electron chi connectivity index (χ1n) is 14.6. The molecule has 0 aliphatic rings. The van der Waals surface area contributed by atoms with E-state index in [1.807, 2.05) is 31.2 Å². The molecule has 4 aromatic carbocycles. The Balaban J connectivity index is 1.31. The highest BCUT2D eigenvalue weighted by Crippen LogP contribution is 2.32. The summed E-state index contributed by atoms with van der Waals surface area (Å²) in [7, 11) is 0. The van der Waals surface area contributed by atoms with Gasteiger partial charge in [0.05, 0.1) is 24.9 Å². The standard InChI is InChI=1S/C37H36N2O4/c1-3-42-36(41)19-12-24-43-34-18-11-10-17-32(34)38-35(40)25-27(2)30-20-21-33-31(26-30)22-23-39(33)37(28-13-6-4-7-14-28)29-15-8-5-9-16-29/h4-11,13-18,20-23,25-26,37H,3,12,19,24H2,1-2H3,(H,38,40)/b27-25+. The van der Waals surface area contributed by atoms with Crippen molar-refractivity contribution in [2.75, 3.05) is 18.5 Å². The Morgan fingerprint density at radius 2 is 1.53 bits per heavy atom. The van der Waals surface area contributed by atoms with Crippen LogP contribution in [-0.2, 0) is 14.3 Å². The van der Waals surface area contributed by atoms with Gasteiger partial charge in [-0.3, -0.25) is 9.59 Å². The number of rotatable bonds is 12. The molecule has 0 spiro atoms. The summed E-state index contributed by atoms with van der Waals surface area (Å²) < 4.78 is 13.1. The zero-order chi connectivity index (χ0) is 30.0. The average Bonchev–Trinajstić information content (AvgIpc) is 3.44. The van der Waals surface area contributed by atoms with Crippen LogP contribution >= 0.6 is 0 Å². The first-order valence-corrected chi connectivity index (χ1v) is 14.6. The van der Waals surface area contributed by atoms with E-state index >= 15 is 0 Å². The summed E-state index contributed by atoms with van der Waals surface area (Å²) in [5.74, 6) is 0.0705. The number of nitrogens with zero attached hydrogens (tertiary/aromatic N) is 1. The van der Waals surface area contributed by atoms with Gasteiger partial charge in [-0.1, -0.05) is 78.9 Å². The second kappa shape index (κ2) is 14.2. The Labute approximate surface area is 252 Å². The first kappa shape index (κ1) is 29.4. The van der Waals surface area contributed by atoms with Crippen LogP contribution in [-0.4, -0.2) is 29.7 Å². The summed E-state index contributed by atoms with van der Waals surface area (Å²) in [4.78, 5) is 24.6. The Morgan fingerprint density at radius 1 is 0.860 bits per heavy atom. The quantitative estimate of drug-likeness (QED) is 0.0933. The second-order valence-corrected chi connectivity index (χ2v) is 10.3. The molecule has 1 N–H and O–H groups in total. The molecule has 0 saturated carbocycles. The third-order valence-corrected chi connectivity index (χ3v) is 7.27. The average molecular weight is 573 g/mol. The topological polar surface area (TPSA) is 69.6 Å². The highest BCUT2D eigenvalue weighted by atomic mass is 16.5. The van der Waals surface area contributed by atoms with Crippen molar-refractivity contribution in [3.05, 3.63) is 138 Å². The number of nitrogens with one attached hydrogen (secondary N) is 1. The minimum absolute atomic E-state index is 0.0422. The molecule has 0 aliphatic carbocycles. The molecule has 0 radical (unpaired) electrons. The van der Waals surface area contributed by atoms with E-state index in [0.29, 0.717) is 31.1 Å². The number of para-hydroxylation sites is 2. The fraction of sp³-hybridized carbons (Fsp3) is 0.189. The van der Waals surface area contributed by atoms with Crippen molar-refractivity contribution < 1.29 is 19.1 Å². The molecule has 1 heterocycles. The SMILES string of the molecule is CCOC(=O)CCCOc1ccccc1NC(=O)/C=C(\C)c1ccc2c(ccn2C(c2ccccc2)c2ccccc2)c1. The number of esters is 1. The molecule has 1 aromatic heterocycles. The van der Waals surface area contributed by atoms with Gasteiger partial charge in [0.1, 0.15) is 5.75 Å². The number of hydrogen-bond acceptors (Lipinski definition) is 4. The van der Waals surface area contributed by atoms with Crippen molar-refractivity contribution in [1.29, 1.82) is 0 Å². The molecule has 0 fully saturated rings. The molecule has 218 valence electrons. The Hall–Kier alpha value is -5.10. The monoisotopic (exact) mass is 572 g/mol. The van der Waals surface area contributed by atoms with Crippen molar-refractivity contribution in [3.63, 3.8) is 0 Å². The number of amides is 1. The van der Waals surface area contributed by atoms with Crippen molar-refractivity contribution in [2.45, 2.75) is 32.7 Å². The van der Waals surface area contributed by atoms with E-state index in [9.17, 15) is 9.59 Å². The third-order valence-electron chi connectivity index (χ3n) is 7.27. The number of hydrogen-bond donors (Lipinski definition) is 1. The minimum Gasteiger partial charge on any atom is -0.491 e. The molecule has 0 atom stereocenters. The first-order chi connectivity index (χ1) is 21.0. The summed E-state index contributed by atoms with van der Waals surface area (Å²) >= 11 is 0. The smallest absolute Gasteiger partial charge is 0.305 e. The van der Waals surface area contributed by atoms with Crippen molar-refractivity contribution in [3.8, 4) is 5.75 Å². The maximum Gasteiger partial charge on any atom is 0.305 e. The van der Waals surface area contributed by atoms with Gasteiger partial charge in [0.2, 0.25) is 5.91 Å². The van der Waals surface area contributed by atoms with Crippen LogP contribution in [0.15, 0.2) is 121 Å². The zero-order valence-electron chi connectivity index (χ0n) is 24.5. The van der Waals surface area contributed by atoms with Crippen LogP contribution < -0.4 is 10.1 Å². The lowest BCUT2D eigenvalue weighted by Crippen LogP contribution is -2.11. The summed E-state index contributed by atoms with van der Waals surface area (Å²) in [5.41, 5.74) is 5.95. The molecule has 0 aliphatic heterocycles. The summed E-state index contributed by atoms with van der Waals surface area (Å²) in [5, 5.41) is 4.04. The third kappa shape index (κ3) is 7.41. The van der Waals surface area contributed by atoms with Gasteiger partial charge in [0.15, 0.2) is 0 Å². The molecule has 6 nitrogen and oxygen atoms in total. The van der Waals surface area contributed by atoms with Crippen LogP contribution in [0.3, 0.4) is 0 Å².